The number of ether oxygens (including phenoxy) is 1. The normalized spacial score (nSPS) is 15.7. The Morgan fingerprint density at radius 2 is 2.05 bits per heavy atom. The second-order valence-electron chi connectivity index (χ2n) is 4.91. The smallest absolute Gasteiger partial charge is 0.227 e. The van der Waals surface area contributed by atoms with Crippen LogP contribution in [0.5, 0.6) is 0 Å². The van der Waals surface area contributed by atoms with E-state index in [0.717, 1.165) is 18.8 Å². The number of amides is 1. The van der Waals surface area contributed by atoms with E-state index in [1.807, 2.05) is 0 Å². The first-order valence-electron chi connectivity index (χ1n) is 6.51. The highest BCUT2D eigenvalue weighted by atomic mass is 19.1. The molecule has 1 fully saturated rings. The summed E-state index contributed by atoms with van der Waals surface area (Å²) in [7, 11) is 0. The van der Waals surface area contributed by atoms with Crippen molar-refractivity contribution in [3.05, 3.63) is 24.0 Å². The minimum absolute atomic E-state index is 0.175. The number of morpholine rings is 1. The van der Waals surface area contributed by atoms with Crippen LogP contribution in [0.2, 0.25) is 0 Å². The molecule has 2 rings (SSSR count). The van der Waals surface area contributed by atoms with Gasteiger partial charge < -0.3 is 15.0 Å². The van der Waals surface area contributed by atoms with Gasteiger partial charge in [-0.1, -0.05) is 13.8 Å². The predicted molar refractivity (Wildman–Crippen MR) is 72.9 cm³/mol. The zero-order valence-electron chi connectivity index (χ0n) is 11.3. The molecule has 0 spiro atoms. The highest BCUT2D eigenvalue weighted by Crippen LogP contribution is 2.24. The number of halogens is 1. The summed E-state index contributed by atoms with van der Waals surface area (Å²) < 4.78 is 19.0. The average Bonchev–Trinajstić information content (AvgIpc) is 2.42. The summed E-state index contributed by atoms with van der Waals surface area (Å²) in [4.78, 5) is 13.8. The molecule has 1 aromatic carbocycles. The third kappa shape index (κ3) is 3.44. The first kappa shape index (κ1) is 13.8. The fraction of sp³-hybridized carbons (Fsp3) is 0.500. The number of nitrogens with zero attached hydrogens (tertiary/aromatic N) is 1. The lowest BCUT2D eigenvalue weighted by atomic mass is 10.2. The molecule has 1 amide bonds. The van der Waals surface area contributed by atoms with E-state index >= 15 is 0 Å². The molecule has 1 aromatic rings. The van der Waals surface area contributed by atoms with Gasteiger partial charge in [0.15, 0.2) is 0 Å². The quantitative estimate of drug-likeness (QED) is 0.912. The minimum Gasteiger partial charge on any atom is -0.378 e. The Labute approximate surface area is 112 Å². The molecule has 1 N–H and O–H groups in total. The molecule has 1 saturated heterocycles. The summed E-state index contributed by atoms with van der Waals surface area (Å²) in [5.41, 5.74) is 1.14. The molecule has 0 unspecified atom stereocenters. The van der Waals surface area contributed by atoms with Crippen molar-refractivity contribution in [2.45, 2.75) is 13.8 Å². The molecule has 0 radical (unpaired) electrons. The van der Waals surface area contributed by atoms with Crippen LogP contribution in [0.25, 0.3) is 0 Å². The number of rotatable bonds is 3. The molecular formula is C14H19FN2O2. The Bertz CT molecular complexity index is 457. The monoisotopic (exact) mass is 266 g/mol. The van der Waals surface area contributed by atoms with Crippen LogP contribution in [0.4, 0.5) is 15.8 Å². The van der Waals surface area contributed by atoms with Gasteiger partial charge in [-0.3, -0.25) is 4.79 Å². The van der Waals surface area contributed by atoms with Crippen molar-refractivity contribution in [2.24, 2.45) is 5.92 Å². The summed E-state index contributed by atoms with van der Waals surface area (Å²) in [6.07, 6.45) is 0. The minimum atomic E-state index is -0.411. The van der Waals surface area contributed by atoms with Crippen LogP contribution in [-0.4, -0.2) is 32.2 Å². The van der Waals surface area contributed by atoms with Crippen LogP contribution < -0.4 is 10.2 Å². The first-order valence-corrected chi connectivity index (χ1v) is 6.51. The topological polar surface area (TPSA) is 41.6 Å². The number of anilines is 2. The third-order valence-corrected chi connectivity index (χ3v) is 3.11. The van der Waals surface area contributed by atoms with Crippen molar-refractivity contribution in [3.63, 3.8) is 0 Å². The lowest BCUT2D eigenvalue weighted by molar-refractivity contribution is -0.118. The van der Waals surface area contributed by atoms with E-state index in [9.17, 15) is 9.18 Å². The zero-order chi connectivity index (χ0) is 13.8. The van der Waals surface area contributed by atoms with Gasteiger partial charge in [-0.2, -0.15) is 0 Å². The molecule has 0 aliphatic carbocycles. The van der Waals surface area contributed by atoms with E-state index in [2.05, 4.69) is 10.2 Å². The maximum atomic E-state index is 13.7. The number of carbonyl (C=O) groups is 1. The third-order valence-electron chi connectivity index (χ3n) is 3.11. The number of hydrogen-bond donors (Lipinski definition) is 1. The number of nitrogens with one attached hydrogen (secondary N) is 1. The van der Waals surface area contributed by atoms with Crippen LogP contribution >= 0.6 is 0 Å². The summed E-state index contributed by atoms with van der Waals surface area (Å²) in [5, 5.41) is 2.62. The highest BCUT2D eigenvalue weighted by molar-refractivity contribution is 5.92. The Morgan fingerprint density at radius 3 is 2.68 bits per heavy atom. The van der Waals surface area contributed by atoms with Crippen LogP contribution in [0.1, 0.15) is 13.8 Å². The molecular weight excluding hydrogens is 247 g/mol. The van der Waals surface area contributed by atoms with E-state index < -0.39 is 5.82 Å². The summed E-state index contributed by atoms with van der Waals surface area (Å²) in [6.45, 7) is 6.46. The van der Waals surface area contributed by atoms with Gasteiger partial charge in [0.25, 0.3) is 0 Å². The fourth-order valence-electron chi connectivity index (χ4n) is 1.90. The largest absolute Gasteiger partial charge is 0.378 e. The van der Waals surface area contributed by atoms with Gasteiger partial charge in [-0.25, -0.2) is 4.39 Å². The molecule has 5 heteroatoms. The molecule has 1 aliphatic rings. The van der Waals surface area contributed by atoms with Crippen molar-refractivity contribution in [2.75, 3.05) is 36.5 Å². The molecule has 0 saturated carbocycles. The molecule has 19 heavy (non-hydrogen) atoms. The second kappa shape index (κ2) is 6.02. The Balaban J connectivity index is 2.16. The predicted octanol–water partition coefficient (Wildman–Crippen LogP) is 2.26. The molecule has 0 bridgehead atoms. The van der Waals surface area contributed by atoms with Crippen molar-refractivity contribution in [1.82, 2.24) is 0 Å². The van der Waals surface area contributed by atoms with E-state index in [1.165, 1.54) is 6.07 Å². The van der Waals surface area contributed by atoms with Crippen molar-refractivity contribution < 1.29 is 13.9 Å². The van der Waals surface area contributed by atoms with Gasteiger partial charge in [0.05, 0.1) is 18.9 Å². The van der Waals surface area contributed by atoms with Crippen LogP contribution in [0.3, 0.4) is 0 Å². The van der Waals surface area contributed by atoms with E-state index in [-0.39, 0.29) is 17.5 Å². The van der Waals surface area contributed by atoms with Gasteiger partial charge in [0, 0.05) is 24.7 Å². The van der Waals surface area contributed by atoms with Gasteiger partial charge >= 0.3 is 0 Å². The molecule has 104 valence electrons. The van der Waals surface area contributed by atoms with Gasteiger partial charge in [-0.05, 0) is 18.2 Å². The SMILES string of the molecule is CC(C)C(=O)Nc1cc(N2CCOCC2)ccc1F. The number of hydrogen-bond acceptors (Lipinski definition) is 3. The summed E-state index contributed by atoms with van der Waals surface area (Å²) in [6, 6.07) is 4.80. The maximum absolute atomic E-state index is 13.7. The number of benzene rings is 1. The second-order valence-corrected chi connectivity index (χ2v) is 4.91. The van der Waals surface area contributed by atoms with Crippen LogP contribution in [0.15, 0.2) is 18.2 Å². The Morgan fingerprint density at radius 1 is 1.37 bits per heavy atom. The van der Waals surface area contributed by atoms with E-state index in [4.69, 9.17) is 4.74 Å². The van der Waals surface area contributed by atoms with E-state index in [0.29, 0.717) is 13.2 Å². The molecule has 0 aromatic heterocycles. The molecule has 1 heterocycles. The summed E-state index contributed by atoms with van der Waals surface area (Å²) >= 11 is 0. The molecule has 0 atom stereocenters. The highest BCUT2D eigenvalue weighted by Gasteiger charge is 2.15. The molecule has 1 aliphatic heterocycles. The van der Waals surface area contributed by atoms with E-state index in [1.54, 1.807) is 26.0 Å². The number of carbonyl (C=O) groups excluding carboxylic acids is 1. The lowest BCUT2D eigenvalue weighted by Gasteiger charge is -2.29. The van der Waals surface area contributed by atoms with Crippen LogP contribution in [0, 0.1) is 11.7 Å². The maximum Gasteiger partial charge on any atom is 0.227 e. The van der Waals surface area contributed by atoms with Gasteiger partial charge in [-0.15, -0.1) is 0 Å². The fourth-order valence-corrected chi connectivity index (χ4v) is 1.90. The van der Waals surface area contributed by atoms with Crippen molar-refractivity contribution >= 4 is 17.3 Å². The van der Waals surface area contributed by atoms with Gasteiger partial charge in [0.2, 0.25) is 5.91 Å². The Kier molecular flexibility index (Phi) is 4.37. The van der Waals surface area contributed by atoms with Crippen molar-refractivity contribution in [1.29, 1.82) is 0 Å². The first-order chi connectivity index (χ1) is 9.08. The van der Waals surface area contributed by atoms with Crippen molar-refractivity contribution in [3.8, 4) is 0 Å². The average molecular weight is 266 g/mol. The summed E-state index contributed by atoms with van der Waals surface area (Å²) in [5.74, 6) is -0.768. The lowest BCUT2D eigenvalue weighted by Crippen LogP contribution is -2.36. The zero-order valence-corrected chi connectivity index (χ0v) is 11.3. The van der Waals surface area contributed by atoms with Crippen LogP contribution in [-0.2, 0) is 9.53 Å². The Hall–Kier alpha value is -1.62. The molecule has 4 nitrogen and oxygen atoms in total. The standard InChI is InChI=1S/C14H19FN2O2/c1-10(2)14(18)16-13-9-11(3-4-12(13)15)17-5-7-19-8-6-17/h3-4,9-10H,5-8H2,1-2H3,(H,16,18). The van der Waals surface area contributed by atoms with Gasteiger partial charge in [0.1, 0.15) is 5.82 Å².